The molecule has 0 aliphatic rings. The second-order valence-electron chi connectivity index (χ2n) is 6.27. The molecule has 29 heavy (non-hydrogen) atoms. The van der Waals surface area contributed by atoms with Crippen molar-refractivity contribution in [3.8, 4) is 17.2 Å². The van der Waals surface area contributed by atoms with E-state index in [1.807, 2.05) is 42.6 Å². The topological polar surface area (TPSA) is 78.4 Å². The number of anilines is 2. The third kappa shape index (κ3) is 4.07. The summed E-state index contributed by atoms with van der Waals surface area (Å²) >= 11 is 1.58. The van der Waals surface area contributed by atoms with Crippen LogP contribution in [0.3, 0.4) is 0 Å². The molecule has 4 rings (SSSR count). The van der Waals surface area contributed by atoms with Crippen LogP contribution in [-0.4, -0.2) is 29.2 Å². The molecule has 0 saturated heterocycles. The number of hydrogen-bond donors (Lipinski definition) is 1. The minimum absolute atomic E-state index is 0.462. The van der Waals surface area contributed by atoms with Crippen LogP contribution in [0, 0.1) is 6.92 Å². The highest BCUT2D eigenvalue weighted by molar-refractivity contribution is 7.09. The van der Waals surface area contributed by atoms with Gasteiger partial charge in [-0.15, -0.1) is 11.3 Å². The third-order valence-electron chi connectivity index (χ3n) is 4.41. The maximum atomic E-state index is 5.88. The predicted molar refractivity (Wildman–Crippen MR) is 114 cm³/mol. The first kappa shape index (κ1) is 18.9. The van der Waals surface area contributed by atoms with Gasteiger partial charge in [-0.25, -0.2) is 15.0 Å². The van der Waals surface area contributed by atoms with Gasteiger partial charge in [0.1, 0.15) is 29.5 Å². The SMILES string of the molecule is COc1cc2ncnc(Nc3ccc(OCc4nccs4)c(C)c3)c2cc1OC. The smallest absolute Gasteiger partial charge is 0.162 e. The number of fused-ring (bicyclic) bond motifs is 1. The van der Waals surface area contributed by atoms with Crippen molar-refractivity contribution in [2.75, 3.05) is 19.5 Å². The molecule has 8 heteroatoms. The van der Waals surface area contributed by atoms with Crippen molar-refractivity contribution in [2.24, 2.45) is 0 Å². The van der Waals surface area contributed by atoms with E-state index in [1.54, 1.807) is 31.8 Å². The van der Waals surface area contributed by atoms with Crippen molar-refractivity contribution >= 4 is 33.7 Å². The van der Waals surface area contributed by atoms with Crippen LogP contribution in [-0.2, 0) is 6.61 Å². The first-order chi connectivity index (χ1) is 14.2. The molecule has 7 nitrogen and oxygen atoms in total. The first-order valence-electron chi connectivity index (χ1n) is 8.93. The van der Waals surface area contributed by atoms with Crippen molar-refractivity contribution in [3.63, 3.8) is 0 Å². The summed E-state index contributed by atoms with van der Waals surface area (Å²) in [5, 5.41) is 7.09. The number of hydrogen-bond acceptors (Lipinski definition) is 8. The molecule has 0 aliphatic heterocycles. The summed E-state index contributed by atoms with van der Waals surface area (Å²) in [6, 6.07) is 9.62. The molecule has 1 N–H and O–H groups in total. The number of benzene rings is 2. The summed E-state index contributed by atoms with van der Waals surface area (Å²) in [5.74, 6) is 2.76. The lowest BCUT2D eigenvalue weighted by Crippen LogP contribution is -2.00. The molecule has 0 spiro atoms. The Labute approximate surface area is 172 Å². The zero-order valence-corrected chi connectivity index (χ0v) is 17.1. The molecule has 2 aromatic carbocycles. The molecule has 148 valence electrons. The second kappa shape index (κ2) is 8.32. The van der Waals surface area contributed by atoms with Gasteiger partial charge in [0.15, 0.2) is 11.5 Å². The highest BCUT2D eigenvalue weighted by Gasteiger charge is 2.12. The van der Waals surface area contributed by atoms with Crippen LogP contribution >= 0.6 is 11.3 Å². The Morgan fingerprint density at radius 1 is 0.966 bits per heavy atom. The van der Waals surface area contributed by atoms with E-state index in [0.717, 1.165) is 32.9 Å². The average Bonchev–Trinajstić information content (AvgIpc) is 3.26. The van der Waals surface area contributed by atoms with Crippen LogP contribution in [0.25, 0.3) is 10.9 Å². The van der Waals surface area contributed by atoms with E-state index < -0.39 is 0 Å². The molecule has 2 heterocycles. The van der Waals surface area contributed by atoms with E-state index in [9.17, 15) is 0 Å². The minimum Gasteiger partial charge on any atom is -0.493 e. The lowest BCUT2D eigenvalue weighted by Gasteiger charge is -2.13. The lowest BCUT2D eigenvalue weighted by atomic mass is 10.1. The van der Waals surface area contributed by atoms with Crippen molar-refractivity contribution in [1.82, 2.24) is 15.0 Å². The number of aromatic nitrogens is 3. The predicted octanol–water partition coefficient (Wildman–Crippen LogP) is 4.73. The van der Waals surface area contributed by atoms with Gasteiger partial charge in [-0.2, -0.15) is 0 Å². The monoisotopic (exact) mass is 408 g/mol. The van der Waals surface area contributed by atoms with E-state index >= 15 is 0 Å². The van der Waals surface area contributed by atoms with Crippen LogP contribution in [0.15, 0.2) is 48.2 Å². The van der Waals surface area contributed by atoms with E-state index in [0.29, 0.717) is 23.9 Å². The van der Waals surface area contributed by atoms with Gasteiger partial charge in [0.2, 0.25) is 0 Å². The van der Waals surface area contributed by atoms with Gasteiger partial charge in [0.25, 0.3) is 0 Å². The molecule has 0 radical (unpaired) electrons. The van der Waals surface area contributed by atoms with Crippen LogP contribution in [0.4, 0.5) is 11.5 Å². The highest BCUT2D eigenvalue weighted by atomic mass is 32.1. The van der Waals surface area contributed by atoms with Crippen LogP contribution in [0.2, 0.25) is 0 Å². The Bertz CT molecular complexity index is 1130. The number of nitrogens with zero attached hydrogens (tertiary/aromatic N) is 3. The number of aryl methyl sites for hydroxylation is 1. The molecule has 0 bridgehead atoms. The summed E-state index contributed by atoms with van der Waals surface area (Å²) in [5.41, 5.74) is 2.68. The fourth-order valence-corrected chi connectivity index (χ4v) is 3.50. The Morgan fingerprint density at radius 3 is 2.52 bits per heavy atom. The molecule has 0 aliphatic carbocycles. The standard InChI is InChI=1S/C21H20N4O3S/c1-13-8-14(4-5-17(13)28-11-20-22-6-7-29-20)25-21-15-9-18(26-2)19(27-3)10-16(15)23-12-24-21/h4-10,12H,11H2,1-3H3,(H,23,24,25). The largest absolute Gasteiger partial charge is 0.493 e. The van der Waals surface area contributed by atoms with Crippen LogP contribution in [0.1, 0.15) is 10.6 Å². The number of rotatable bonds is 7. The molecule has 2 aromatic heterocycles. The summed E-state index contributed by atoms with van der Waals surface area (Å²) in [4.78, 5) is 13.0. The van der Waals surface area contributed by atoms with Crippen molar-refractivity contribution in [2.45, 2.75) is 13.5 Å². The fourth-order valence-electron chi connectivity index (χ4n) is 2.97. The quantitative estimate of drug-likeness (QED) is 0.473. The highest BCUT2D eigenvalue weighted by Crippen LogP contribution is 2.34. The molecule has 0 amide bonds. The summed E-state index contributed by atoms with van der Waals surface area (Å²) in [6.07, 6.45) is 3.30. The van der Waals surface area contributed by atoms with Crippen molar-refractivity contribution < 1.29 is 14.2 Å². The zero-order chi connectivity index (χ0) is 20.2. The van der Waals surface area contributed by atoms with Gasteiger partial charge in [-0.05, 0) is 36.8 Å². The van der Waals surface area contributed by atoms with Crippen molar-refractivity contribution in [1.29, 1.82) is 0 Å². The molecule has 0 saturated carbocycles. The van der Waals surface area contributed by atoms with Gasteiger partial charge in [0.05, 0.1) is 19.7 Å². The van der Waals surface area contributed by atoms with E-state index in [1.165, 1.54) is 6.33 Å². The summed E-state index contributed by atoms with van der Waals surface area (Å²) < 4.78 is 16.6. The number of nitrogens with one attached hydrogen (secondary N) is 1. The van der Waals surface area contributed by atoms with Gasteiger partial charge < -0.3 is 19.5 Å². The third-order valence-corrected chi connectivity index (χ3v) is 5.17. The second-order valence-corrected chi connectivity index (χ2v) is 7.25. The number of methoxy groups -OCH3 is 2. The van der Waals surface area contributed by atoms with Gasteiger partial charge in [0, 0.05) is 28.7 Å². The summed E-state index contributed by atoms with van der Waals surface area (Å²) in [6.45, 7) is 2.47. The van der Waals surface area contributed by atoms with Gasteiger partial charge in [-0.1, -0.05) is 0 Å². The Kier molecular flexibility index (Phi) is 5.44. The Morgan fingerprint density at radius 2 is 1.79 bits per heavy atom. The molecular formula is C21H20N4O3S. The number of thiazole rings is 1. The van der Waals surface area contributed by atoms with Crippen LogP contribution < -0.4 is 19.5 Å². The fraction of sp³-hybridized carbons (Fsp3) is 0.190. The van der Waals surface area contributed by atoms with E-state index in [2.05, 4.69) is 20.3 Å². The Hall–Kier alpha value is -3.39. The average molecular weight is 408 g/mol. The van der Waals surface area contributed by atoms with Gasteiger partial charge >= 0.3 is 0 Å². The molecule has 0 atom stereocenters. The first-order valence-corrected chi connectivity index (χ1v) is 9.81. The Balaban J connectivity index is 1.58. The lowest BCUT2D eigenvalue weighted by molar-refractivity contribution is 0.303. The minimum atomic E-state index is 0.462. The van der Waals surface area contributed by atoms with Gasteiger partial charge in [-0.3, -0.25) is 0 Å². The number of ether oxygens (including phenoxy) is 3. The zero-order valence-electron chi connectivity index (χ0n) is 16.3. The normalized spacial score (nSPS) is 10.7. The maximum Gasteiger partial charge on any atom is 0.162 e. The molecule has 4 aromatic rings. The maximum absolute atomic E-state index is 5.88. The summed E-state index contributed by atoms with van der Waals surface area (Å²) in [7, 11) is 3.21. The molecule has 0 unspecified atom stereocenters. The van der Waals surface area contributed by atoms with Crippen LogP contribution in [0.5, 0.6) is 17.2 Å². The van der Waals surface area contributed by atoms with E-state index in [-0.39, 0.29) is 0 Å². The van der Waals surface area contributed by atoms with Crippen molar-refractivity contribution in [3.05, 3.63) is 58.8 Å². The molecule has 0 fully saturated rings. The molecular weight excluding hydrogens is 388 g/mol. The van der Waals surface area contributed by atoms with E-state index in [4.69, 9.17) is 14.2 Å².